The predicted molar refractivity (Wildman–Crippen MR) is 77.2 cm³/mol. The Kier molecular flexibility index (Phi) is 3.82. The van der Waals surface area contributed by atoms with E-state index in [1.54, 1.807) is 48.5 Å². The number of benzene rings is 1. The molecule has 1 aliphatic heterocycles. The summed E-state index contributed by atoms with van der Waals surface area (Å²) in [5.41, 5.74) is -0.0142. The molecule has 1 aromatic carbocycles. The minimum absolute atomic E-state index is 0.233. The van der Waals surface area contributed by atoms with Gasteiger partial charge in [-0.15, -0.1) is 0 Å². The predicted octanol–water partition coefficient (Wildman–Crippen LogP) is 1.88. The van der Waals surface area contributed by atoms with Crippen LogP contribution in [0.3, 0.4) is 0 Å². The summed E-state index contributed by atoms with van der Waals surface area (Å²) < 4.78 is 23.4. The second-order valence-corrected chi connectivity index (χ2v) is 6.57. The zero-order valence-electron chi connectivity index (χ0n) is 10.5. The first-order valence-electron chi connectivity index (χ1n) is 5.56. The molecular weight excluding hydrogens is 286 g/mol. The van der Waals surface area contributed by atoms with E-state index < -0.39 is 15.5 Å². The van der Waals surface area contributed by atoms with Crippen LogP contribution in [0.4, 0.5) is 5.69 Å². The van der Waals surface area contributed by atoms with Crippen molar-refractivity contribution in [2.24, 2.45) is 4.99 Å². The van der Waals surface area contributed by atoms with Gasteiger partial charge in [-0.3, -0.25) is 0 Å². The summed E-state index contributed by atoms with van der Waals surface area (Å²) in [5.74, 6) is 0.522. The molecule has 0 amide bonds. The van der Waals surface area contributed by atoms with E-state index in [0.29, 0.717) is 11.5 Å². The molecule has 0 spiro atoms. The number of para-hydroxylation sites is 1. The molecular formula is C12H14ClN3O2S. The number of nitrogens with zero attached hydrogens (tertiary/aromatic N) is 2. The molecule has 1 N–H and O–H groups in total. The van der Waals surface area contributed by atoms with Crippen molar-refractivity contribution in [3.8, 4) is 0 Å². The average Bonchev–Trinajstić information content (AvgIpc) is 2.33. The monoisotopic (exact) mass is 299 g/mol. The zero-order chi connectivity index (χ0) is 14.0. The molecule has 0 aliphatic carbocycles. The lowest BCUT2D eigenvalue weighted by molar-refractivity contribution is 0.427. The van der Waals surface area contributed by atoms with Crippen molar-refractivity contribution in [3.05, 3.63) is 36.5 Å². The topological polar surface area (TPSA) is 61.8 Å². The minimum atomic E-state index is -3.29. The molecule has 0 aromatic heterocycles. The highest BCUT2D eigenvalue weighted by Crippen LogP contribution is 2.21. The highest BCUT2D eigenvalue weighted by atomic mass is 35.5. The molecule has 0 fully saturated rings. The lowest BCUT2D eigenvalue weighted by atomic mass is 10.3. The Morgan fingerprint density at radius 1 is 1.37 bits per heavy atom. The number of sulfone groups is 1. The van der Waals surface area contributed by atoms with E-state index in [-0.39, 0.29) is 4.90 Å². The van der Waals surface area contributed by atoms with E-state index in [1.165, 1.54) is 6.26 Å². The van der Waals surface area contributed by atoms with E-state index in [4.69, 9.17) is 11.6 Å². The number of aliphatic imine (C=N–C) groups is 1. The van der Waals surface area contributed by atoms with Gasteiger partial charge in [-0.25, -0.2) is 13.4 Å². The average molecular weight is 300 g/mol. The maximum absolute atomic E-state index is 11.7. The Labute approximate surface area is 117 Å². The summed E-state index contributed by atoms with van der Waals surface area (Å²) in [6.07, 6.45) is 4.68. The van der Waals surface area contributed by atoms with Gasteiger partial charge < -0.3 is 10.2 Å². The maximum atomic E-state index is 11.7. The van der Waals surface area contributed by atoms with E-state index in [2.05, 4.69) is 10.3 Å². The maximum Gasteiger partial charge on any atom is 0.199 e. The van der Waals surface area contributed by atoms with Crippen molar-refractivity contribution < 1.29 is 8.42 Å². The normalized spacial score (nSPS) is 19.2. The molecule has 0 bridgehead atoms. The summed E-state index contributed by atoms with van der Waals surface area (Å²) in [4.78, 5) is 6.16. The van der Waals surface area contributed by atoms with Crippen molar-refractivity contribution in [3.63, 3.8) is 0 Å². The van der Waals surface area contributed by atoms with Crippen molar-refractivity contribution >= 4 is 33.0 Å². The smallest absolute Gasteiger partial charge is 0.199 e. The highest BCUT2D eigenvalue weighted by molar-refractivity contribution is 7.90. The van der Waals surface area contributed by atoms with Gasteiger partial charge in [0, 0.05) is 19.5 Å². The molecule has 7 heteroatoms. The molecule has 0 radical (unpaired) electrons. The fraction of sp³-hybridized carbons (Fsp3) is 0.250. The highest BCUT2D eigenvalue weighted by Gasteiger charge is 2.16. The van der Waals surface area contributed by atoms with Gasteiger partial charge in [0.15, 0.2) is 15.5 Å². The van der Waals surface area contributed by atoms with E-state index >= 15 is 0 Å². The van der Waals surface area contributed by atoms with Gasteiger partial charge in [0.1, 0.15) is 5.84 Å². The molecule has 102 valence electrons. The number of rotatable bonds is 2. The standard InChI is InChI=1S/C12H14ClN3O2S/c1-16-8-7-11(15-12(16)13)14-9-5-3-4-6-10(9)19(2,17)18/h3-8,12H,1-2H3,(H,14,15). The van der Waals surface area contributed by atoms with Crippen molar-refractivity contribution in [2.45, 2.75) is 10.5 Å². The second-order valence-electron chi connectivity index (χ2n) is 4.20. The summed E-state index contributed by atoms with van der Waals surface area (Å²) >= 11 is 5.99. The van der Waals surface area contributed by atoms with Crippen LogP contribution < -0.4 is 5.32 Å². The molecule has 1 heterocycles. The Morgan fingerprint density at radius 2 is 2.05 bits per heavy atom. The Hall–Kier alpha value is -1.53. The molecule has 5 nitrogen and oxygen atoms in total. The number of anilines is 1. The number of alkyl halides is 1. The van der Waals surface area contributed by atoms with Gasteiger partial charge in [-0.2, -0.15) is 0 Å². The molecule has 1 unspecified atom stereocenters. The summed E-state index contributed by atoms with van der Waals surface area (Å²) in [5, 5.41) is 2.98. The Bertz CT molecular complexity index is 640. The molecule has 19 heavy (non-hydrogen) atoms. The Balaban J connectivity index is 2.31. The largest absolute Gasteiger partial charge is 0.347 e. The fourth-order valence-electron chi connectivity index (χ4n) is 1.61. The molecule has 0 saturated heterocycles. The SMILES string of the molecule is CN1C=CC(Nc2ccccc2S(C)(=O)=O)=NC1Cl. The van der Waals surface area contributed by atoms with Crippen LogP contribution in [-0.2, 0) is 9.84 Å². The van der Waals surface area contributed by atoms with E-state index in [9.17, 15) is 8.42 Å². The van der Waals surface area contributed by atoms with Crippen LogP contribution in [0.15, 0.2) is 46.4 Å². The third-order valence-electron chi connectivity index (χ3n) is 2.60. The van der Waals surface area contributed by atoms with Gasteiger partial charge >= 0.3 is 0 Å². The summed E-state index contributed by atoms with van der Waals surface area (Å²) in [7, 11) is -1.49. The zero-order valence-corrected chi connectivity index (χ0v) is 12.1. The van der Waals surface area contributed by atoms with Gasteiger partial charge in [-0.05, 0) is 18.2 Å². The molecule has 1 aliphatic rings. The minimum Gasteiger partial charge on any atom is -0.347 e. The quantitative estimate of drug-likeness (QED) is 0.669. The lowest BCUT2D eigenvalue weighted by Crippen LogP contribution is -2.27. The summed E-state index contributed by atoms with van der Waals surface area (Å²) in [6, 6.07) is 6.68. The van der Waals surface area contributed by atoms with Crippen LogP contribution >= 0.6 is 11.6 Å². The molecule has 2 rings (SSSR count). The first-order valence-corrected chi connectivity index (χ1v) is 7.89. The first-order chi connectivity index (χ1) is 8.88. The van der Waals surface area contributed by atoms with Crippen molar-refractivity contribution in [1.82, 2.24) is 4.90 Å². The van der Waals surface area contributed by atoms with Crippen LogP contribution in [0.2, 0.25) is 0 Å². The van der Waals surface area contributed by atoms with Gasteiger partial charge in [0.05, 0.1) is 10.6 Å². The lowest BCUT2D eigenvalue weighted by Gasteiger charge is -2.22. The molecule has 1 aromatic rings. The van der Waals surface area contributed by atoms with Crippen molar-refractivity contribution in [2.75, 3.05) is 18.6 Å². The number of hydrogen-bond acceptors (Lipinski definition) is 5. The van der Waals surface area contributed by atoms with Gasteiger partial charge in [-0.1, -0.05) is 23.7 Å². The van der Waals surface area contributed by atoms with Crippen LogP contribution in [-0.4, -0.2) is 38.1 Å². The Morgan fingerprint density at radius 3 is 2.68 bits per heavy atom. The number of halogens is 1. The molecule has 0 saturated carbocycles. The van der Waals surface area contributed by atoms with Crippen LogP contribution in [0.1, 0.15) is 0 Å². The van der Waals surface area contributed by atoms with E-state index in [0.717, 1.165) is 0 Å². The van der Waals surface area contributed by atoms with Crippen LogP contribution in [0.25, 0.3) is 0 Å². The number of hydrogen-bond donors (Lipinski definition) is 1. The van der Waals surface area contributed by atoms with Gasteiger partial charge in [0.2, 0.25) is 0 Å². The van der Waals surface area contributed by atoms with Crippen LogP contribution in [0, 0.1) is 0 Å². The molecule has 1 atom stereocenters. The number of nitrogens with one attached hydrogen (secondary N) is 1. The first kappa shape index (κ1) is 13.9. The third kappa shape index (κ3) is 3.27. The van der Waals surface area contributed by atoms with Gasteiger partial charge in [0.25, 0.3) is 0 Å². The van der Waals surface area contributed by atoms with E-state index in [1.807, 2.05) is 0 Å². The van der Waals surface area contributed by atoms with Crippen molar-refractivity contribution in [1.29, 1.82) is 0 Å². The fourth-order valence-corrected chi connectivity index (χ4v) is 2.63. The number of amidine groups is 1. The summed E-state index contributed by atoms with van der Waals surface area (Å²) in [6.45, 7) is 0. The second kappa shape index (κ2) is 5.22. The third-order valence-corrected chi connectivity index (χ3v) is 4.16. The van der Waals surface area contributed by atoms with Crippen LogP contribution in [0.5, 0.6) is 0 Å².